The van der Waals surface area contributed by atoms with Gasteiger partial charge in [-0.2, -0.15) is 5.26 Å². The average Bonchev–Trinajstić information content (AvgIpc) is 3.36. The minimum atomic E-state index is -0.303. The lowest BCUT2D eigenvalue weighted by Gasteiger charge is -2.36. The number of likely N-dealkylation sites (tertiary alicyclic amines) is 1. The number of nitrogens with one attached hydrogen (secondary N) is 2. The number of nitrogens with zero attached hydrogens (tertiary/aromatic N) is 4. The molecule has 1 aliphatic rings. The summed E-state index contributed by atoms with van der Waals surface area (Å²) >= 11 is 12.3. The van der Waals surface area contributed by atoms with Crippen LogP contribution >= 0.6 is 23.2 Å². The van der Waals surface area contributed by atoms with E-state index in [0.717, 1.165) is 60.5 Å². The zero-order valence-corrected chi connectivity index (χ0v) is 26.5. The number of fused-ring (bicyclic) bond motifs is 1. The average molecular weight is 638 g/mol. The summed E-state index contributed by atoms with van der Waals surface area (Å²) < 4.78 is 2.19. The number of piperidine rings is 1. The van der Waals surface area contributed by atoms with Gasteiger partial charge in [-0.25, -0.2) is 9.78 Å². The fourth-order valence-electron chi connectivity index (χ4n) is 6.30. The van der Waals surface area contributed by atoms with Crippen LogP contribution in [0.2, 0.25) is 10.0 Å². The summed E-state index contributed by atoms with van der Waals surface area (Å²) in [5, 5.41) is 16.2. The second-order valence-corrected chi connectivity index (χ2v) is 12.5. The predicted octanol–water partition coefficient (Wildman–Crippen LogP) is 8.24. The van der Waals surface area contributed by atoms with E-state index in [-0.39, 0.29) is 11.9 Å². The van der Waals surface area contributed by atoms with Gasteiger partial charge in [-0.3, -0.25) is 4.90 Å². The highest BCUT2D eigenvalue weighted by Crippen LogP contribution is 2.34. The molecule has 0 spiro atoms. The Hall–Kier alpha value is -4.35. The quantitative estimate of drug-likeness (QED) is 0.180. The Morgan fingerprint density at radius 1 is 0.956 bits per heavy atom. The number of benzene rings is 4. The number of aryl methyl sites for hydroxylation is 1. The number of imidazole rings is 1. The van der Waals surface area contributed by atoms with E-state index in [0.29, 0.717) is 33.8 Å². The molecule has 1 aromatic heterocycles. The molecular weight excluding hydrogens is 603 g/mol. The van der Waals surface area contributed by atoms with Crippen LogP contribution in [0.3, 0.4) is 0 Å². The van der Waals surface area contributed by atoms with Gasteiger partial charge in [0.1, 0.15) is 5.82 Å². The van der Waals surface area contributed by atoms with Gasteiger partial charge >= 0.3 is 6.03 Å². The molecule has 2 heterocycles. The molecular formula is C36H34Cl2N6O. The van der Waals surface area contributed by atoms with Crippen molar-refractivity contribution >= 4 is 46.0 Å². The number of nitriles is 1. The second-order valence-electron chi connectivity index (χ2n) is 11.6. The molecule has 7 nitrogen and oxygen atoms in total. The minimum Gasteiger partial charge on any atom is -0.337 e. The molecule has 0 aliphatic carbocycles. The van der Waals surface area contributed by atoms with E-state index in [9.17, 15) is 10.1 Å². The van der Waals surface area contributed by atoms with Crippen LogP contribution in [0, 0.1) is 17.2 Å². The number of hydrogen-bond donors (Lipinski definition) is 2. The van der Waals surface area contributed by atoms with E-state index in [1.807, 2.05) is 36.4 Å². The van der Waals surface area contributed by atoms with Crippen LogP contribution in [-0.2, 0) is 13.6 Å². The lowest BCUT2D eigenvalue weighted by molar-refractivity contribution is 0.157. The zero-order chi connectivity index (χ0) is 31.3. The van der Waals surface area contributed by atoms with Gasteiger partial charge in [0, 0.05) is 35.2 Å². The number of amides is 2. The summed E-state index contributed by atoms with van der Waals surface area (Å²) in [6.45, 7) is 3.20. The SMILES string of the molecule is Cn1c(CN2CCC(C(CNC(=O)Nc3cc(Cl)cc(Cl)c3)c3ccc(-c4cccc(C#N)c4)cc3)CC2)nc2ccccc21. The maximum absolute atomic E-state index is 13.0. The number of hydrogen-bond acceptors (Lipinski definition) is 4. The largest absolute Gasteiger partial charge is 0.337 e. The molecule has 4 aromatic carbocycles. The fourth-order valence-corrected chi connectivity index (χ4v) is 6.83. The summed E-state index contributed by atoms with van der Waals surface area (Å²) in [6.07, 6.45) is 2.02. The molecule has 0 saturated carbocycles. The standard InChI is InChI=1S/C36H34Cl2N6O/c1-43-34-8-3-2-7-33(34)42-35(43)23-44-15-13-27(14-16-44)32(22-40-36(45)41-31-19-29(37)18-30(38)20-31)26-11-9-25(10-12-26)28-6-4-5-24(17-28)21-39/h2-12,17-20,27,32H,13-16,22-23H2,1H3,(H2,40,41,45). The van der Waals surface area contributed by atoms with Crippen LogP contribution < -0.4 is 10.6 Å². The monoisotopic (exact) mass is 636 g/mol. The van der Waals surface area contributed by atoms with Gasteiger partial charge < -0.3 is 15.2 Å². The smallest absolute Gasteiger partial charge is 0.319 e. The fraction of sp³-hybridized carbons (Fsp3) is 0.250. The first-order chi connectivity index (χ1) is 21.9. The van der Waals surface area contributed by atoms with Gasteiger partial charge in [0.15, 0.2) is 0 Å². The number of rotatable bonds is 8. The molecule has 6 rings (SSSR count). The van der Waals surface area contributed by atoms with Crippen LogP contribution in [0.25, 0.3) is 22.2 Å². The minimum absolute atomic E-state index is 0.121. The molecule has 1 atom stereocenters. The van der Waals surface area contributed by atoms with Crippen LogP contribution in [0.15, 0.2) is 91.0 Å². The van der Waals surface area contributed by atoms with E-state index in [2.05, 4.69) is 69.6 Å². The van der Waals surface area contributed by atoms with Crippen molar-refractivity contribution in [1.82, 2.24) is 19.8 Å². The molecule has 9 heteroatoms. The van der Waals surface area contributed by atoms with Crippen molar-refractivity contribution in [3.05, 3.63) is 118 Å². The Balaban J connectivity index is 1.16. The Kier molecular flexibility index (Phi) is 9.37. The topological polar surface area (TPSA) is 86.0 Å². The Morgan fingerprint density at radius 2 is 1.69 bits per heavy atom. The normalized spacial score (nSPS) is 14.6. The van der Waals surface area contributed by atoms with Crippen molar-refractivity contribution in [3.8, 4) is 17.2 Å². The number of anilines is 1. The third-order valence-corrected chi connectivity index (χ3v) is 9.15. The highest BCUT2D eigenvalue weighted by atomic mass is 35.5. The molecule has 2 N–H and O–H groups in total. The zero-order valence-electron chi connectivity index (χ0n) is 25.0. The molecule has 0 bridgehead atoms. The highest BCUT2D eigenvalue weighted by molar-refractivity contribution is 6.35. The van der Waals surface area contributed by atoms with Gasteiger partial charge in [-0.05, 0) is 91.0 Å². The molecule has 1 fully saturated rings. The summed E-state index contributed by atoms with van der Waals surface area (Å²) in [5.74, 6) is 1.58. The van der Waals surface area contributed by atoms with Crippen LogP contribution in [0.4, 0.5) is 10.5 Å². The van der Waals surface area contributed by atoms with E-state index < -0.39 is 0 Å². The maximum atomic E-state index is 13.0. The third kappa shape index (κ3) is 7.32. The molecule has 1 aliphatic heterocycles. The van der Waals surface area contributed by atoms with E-state index >= 15 is 0 Å². The first-order valence-corrected chi connectivity index (χ1v) is 15.9. The van der Waals surface area contributed by atoms with Crippen LogP contribution in [-0.4, -0.2) is 40.1 Å². The lowest BCUT2D eigenvalue weighted by Crippen LogP contribution is -2.39. The van der Waals surface area contributed by atoms with Crippen molar-refractivity contribution in [1.29, 1.82) is 5.26 Å². The third-order valence-electron chi connectivity index (χ3n) is 8.71. The van der Waals surface area contributed by atoms with Gasteiger partial charge in [0.2, 0.25) is 0 Å². The first-order valence-electron chi connectivity index (χ1n) is 15.1. The van der Waals surface area contributed by atoms with Crippen molar-refractivity contribution in [2.45, 2.75) is 25.3 Å². The van der Waals surface area contributed by atoms with E-state index in [4.69, 9.17) is 28.2 Å². The van der Waals surface area contributed by atoms with Gasteiger partial charge in [0.05, 0.1) is 29.2 Å². The Bertz CT molecular complexity index is 1830. The molecule has 5 aromatic rings. The Morgan fingerprint density at radius 3 is 2.40 bits per heavy atom. The van der Waals surface area contributed by atoms with Gasteiger partial charge in [-0.15, -0.1) is 0 Å². The maximum Gasteiger partial charge on any atom is 0.319 e. The highest BCUT2D eigenvalue weighted by Gasteiger charge is 2.29. The van der Waals surface area contributed by atoms with Crippen LogP contribution in [0.5, 0.6) is 0 Å². The van der Waals surface area contributed by atoms with Gasteiger partial charge in [-0.1, -0.05) is 71.7 Å². The van der Waals surface area contributed by atoms with Crippen LogP contribution in [0.1, 0.15) is 35.7 Å². The molecule has 45 heavy (non-hydrogen) atoms. The van der Waals surface area contributed by atoms with Crippen molar-refractivity contribution in [3.63, 3.8) is 0 Å². The summed E-state index contributed by atoms with van der Waals surface area (Å²) in [4.78, 5) is 20.3. The number of halogens is 2. The van der Waals surface area contributed by atoms with Crippen molar-refractivity contribution < 1.29 is 4.79 Å². The van der Waals surface area contributed by atoms with Crippen molar-refractivity contribution in [2.75, 3.05) is 25.0 Å². The molecule has 228 valence electrons. The number of para-hydroxylation sites is 2. The van der Waals surface area contributed by atoms with E-state index in [1.54, 1.807) is 18.2 Å². The summed E-state index contributed by atoms with van der Waals surface area (Å²) in [7, 11) is 2.09. The predicted molar refractivity (Wildman–Crippen MR) is 182 cm³/mol. The van der Waals surface area contributed by atoms with Gasteiger partial charge in [0.25, 0.3) is 0 Å². The number of aromatic nitrogens is 2. The number of carbonyl (C=O) groups is 1. The molecule has 2 amide bonds. The number of urea groups is 1. The van der Waals surface area contributed by atoms with E-state index in [1.165, 1.54) is 5.56 Å². The summed E-state index contributed by atoms with van der Waals surface area (Å²) in [5.41, 5.74) is 6.58. The molecule has 0 radical (unpaired) electrons. The Labute approximate surface area is 273 Å². The molecule has 1 unspecified atom stereocenters. The lowest BCUT2D eigenvalue weighted by atomic mass is 9.79. The second kappa shape index (κ2) is 13.7. The summed E-state index contributed by atoms with van der Waals surface area (Å²) in [6, 6.07) is 31.3. The first kappa shape index (κ1) is 30.7. The molecule has 1 saturated heterocycles. The number of carbonyl (C=O) groups excluding carboxylic acids is 1. The van der Waals surface area contributed by atoms with Crippen molar-refractivity contribution in [2.24, 2.45) is 13.0 Å².